The average Bonchev–Trinajstić information content (AvgIpc) is 3.11. The second-order valence-corrected chi connectivity index (χ2v) is 7.47. The van der Waals surface area contributed by atoms with Crippen molar-refractivity contribution in [2.75, 3.05) is 0 Å². The van der Waals surface area contributed by atoms with Gasteiger partial charge >= 0.3 is 0 Å². The van der Waals surface area contributed by atoms with Crippen molar-refractivity contribution in [1.82, 2.24) is 20.2 Å². The van der Waals surface area contributed by atoms with Crippen LogP contribution in [0.4, 0.5) is 0 Å². The predicted octanol–water partition coefficient (Wildman–Crippen LogP) is 4.03. The number of nitrogens with zero attached hydrogens (tertiary/aromatic N) is 4. The van der Waals surface area contributed by atoms with E-state index in [4.69, 9.17) is 4.42 Å². The Kier molecular flexibility index (Phi) is 3.00. The van der Waals surface area contributed by atoms with Gasteiger partial charge in [-0.05, 0) is 50.9 Å². The van der Waals surface area contributed by atoms with Gasteiger partial charge in [-0.15, -0.1) is 21.5 Å². The van der Waals surface area contributed by atoms with Crippen molar-refractivity contribution in [2.45, 2.75) is 49.8 Å². The molecule has 0 spiro atoms. The zero-order valence-corrected chi connectivity index (χ0v) is 13.6. The lowest BCUT2D eigenvalue weighted by Crippen LogP contribution is -1.91. The number of rotatable bonds is 3. The first-order valence-corrected chi connectivity index (χ1v) is 8.50. The zero-order valence-electron chi connectivity index (χ0n) is 12.0. The third kappa shape index (κ3) is 2.34. The Hall–Kier alpha value is -1.47. The number of hydrogen-bond acceptors (Lipinski definition) is 7. The van der Waals surface area contributed by atoms with Crippen LogP contribution in [0.3, 0.4) is 0 Å². The standard InChI is InChI=1S/C14H14N4OS2/c1-6-7(2)20-12-10(6)13(16-8(3)15-12)21-14-18-17-11(19-14)9-4-5-9/h9H,4-5H2,1-3H3. The average molecular weight is 318 g/mol. The van der Waals surface area contributed by atoms with Crippen LogP contribution in [0.1, 0.15) is 40.9 Å². The summed E-state index contributed by atoms with van der Waals surface area (Å²) in [6.07, 6.45) is 2.32. The molecule has 0 unspecified atom stereocenters. The number of aryl methyl sites for hydroxylation is 3. The number of aromatic nitrogens is 4. The molecule has 0 aliphatic heterocycles. The lowest BCUT2D eigenvalue weighted by molar-refractivity contribution is 0.414. The van der Waals surface area contributed by atoms with Crippen molar-refractivity contribution in [2.24, 2.45) is 0 Å². The summed E-state index contributed by atoms with van der Waals surface area (Å²) in [4.78, 5) is 11.4. The summed E-state index contributed by atoms with van der Waals surface area (Å²) in [7, 11) is 0. The highest BCUT2D eigenvalue weighted by molar-refractivity contribution is 7.99. The van der Waals surface area contributed by atoms with Crippen LogP contribution in [0.2, 0.25) is 0 Å². The largest absolute Gasteiger partial charge is 0.415 e. The highest BCUT2D eigenvalue weighted by Gasteiger charge is 2.29. The zero-order chi connectivity index (χ0) is 14.6. The SMILES string of the molecule is Cc1nc(Sc2nnc(C3CC3)o2)c2c(C)c(C)sc2n1. The maximum absolute atomic E-state index is 5.73. The van der Waals surface area contributed by atoms with Crippen LogP contribution in [0, 0.1) is 20.8 Å². The highest BCUT2D eigenvalue weighted by Crippen LogP contribution is 2.41. The van der Waals surface area contributed by atoms with Crippen LogP contribution in [0.25, 0.3) is 10.2 Å². The van der Waals surface area contributed by atoms with Gasteiger partial charge in [0.05, 0.1) is 0 Å². The molecule has 108 valence electrons. The molecule has 0 bridgehead atoms. The molecule has 1 aliphatic carbocycles. The summed E-state index contributed by atoms with van der Waals surface area (Å²) in [5.74, 6) is 2.01. The van der Waals surface area contributed by atoms with E-state index in [-0.39, 0.29) is 0 Å². The minimum atomic E-state index is 0.476. The molecule has 0 N–H and O–H groups in total. The summed E-state index contributed by atoms with van der Waals surface area (Å²) in [6, 6.07) is 0. The second-order valence-electron chi connectivity index (χ2n) is 5.32. The first-order valence-electron chi connectivity index (χ1n) is 6.87. The Morgan fingerprint density at radius 3 is 2.71 bits per heavy atom. The van der Waals surface area contributed by atoms with Gasteiger partial charge in [0.15, 0.2) is 0 Å². The van der Waals surface area contributed by atoms with Gasteiger partial charge in [-0.2, -0.15) is 0 Å². The fraction of sp³-hybridized carbons (Fsp3) is 0.429. The van der Waals surface area contributed by atoms with E-state index in [1.165, 1.54) is 22.2 Å². The molecule has 0 atom stereocenters. The quantitative estimate of drug-likeness (QED) is 0.679. The van der Waals surface area contributed by atoms with E-state index < -0.39 is 0 Å². The molecule has 0 saturated heterocycles. The molecule has 5 nitrogen and oxygen atoms in total. The van der Waals surface area contributed by atoms with Crippen LogP contribution in [0.15, 0.2) is 14.7 Å². The van der Waals surface area contributed by atoms with Crippen LogP contribution < -0.4 is 0 Å². The maximum atomic E-state index is 5.73. The minimum absolute atomic E-state index is 0.476. The van der Waals surface area contributed by atoms with Crippen molar-refractivity contribution < 1.29 is 4.42 Å². The van der Waals surface area contributed by atoms with E-state index in [2.05, 4.69) is 34.0 Å². The van der Waals surface area contributed by atoms with Crippen molar-refractivity contribution in [1.29, 1.82) is 0 Å². The number of hydrogen-bond donors (Lipinski definition) is 0. The molecule has 21 heavy (non-hydrogen) atoms. The number of fused-ring (bicyclic) bond motifs is 1. The third-order valence-corrected chi connectivity index (χ3v) is 5.57. The van der Waals surface area contributed by atoms with E-state index in [1.807, 2.05) is 6.92 Å². The summed E-state index contributed by atoms with van der Waals surface area (Å²) in [6.45, 7) is 6.14. The van der Waals surface area contributed by atoms with Crippen LogP contribution in [0.5, 0.6) is 0 Å². The van der Waals surface area contributed by atoms with Crippen molar-refractivity contribution in [3.05, 3.63) is 22.2 Å². The van der Waals surface area contributed by atoms with Gasteiger partial charge in [0.2, 0.25) is 5.89 Å². The molecule has 1 fully saturated rings. The summed E-state index contributed by atoms with van der Waals surface area (Å²) >= 11 is 3.15. The molecule has 3 aromatic rings. The molecule has 3 heterocycles. The van der Waals surface area contributed by atoms with Gasteiger partial charge < -0.3 is 4.42 Å². The van der Waals surface area contributed by atoms with Crippen LogP contribution >= 0.6 is 23.1 Å². The Labute approximate surface area is 130 Å². The number of thiophene rings is 1. The van der Waals surface area contributed by atoms with E-state index in [9.17, 15) is 0 Å². The van der Waals surface area contributed by atoms with Crippen LogP contribution in [-0.2, 0) is 0 Å². The first-order chi connectivity index (χ1) is 10.1. The molecule has 0 radical (unpaired) electrons. The summed E-state index contributed by atoms with van der Waals surface area (Å²) in [5, 5.41) is 10.8. The maximum Gasteiger partial charge on any atom is 0.282 e. The molecule has 7 heteroatoms. The summed E-state index contributed by atoms with van der Waals surface area (Å²) in [5.41, 5.74) is 1.24. The van der Waals surface area contributed by atoms with E-state index in [0.29, 0.717) is 11.1 Å². The molecule has 3 aromatic heterocycles. The Balaban J connectivity index is 1.77. The first kappa shape index (κ1) is 13.2. The van der Waals surface area contributed by atoms with Gasteiger partial charge in [-0.1, -0.05) is 0 Å². The monoisotopic (exact) mass is 318 g/mol. The van der Waals surface area contributed by atoms with Gasteiger partial charge in [0, 0.05) is 16.2 Å². The molecule has 1 saturated carbocycles. The fourth-order valence-electron chi connectivity index (χ4n) is 2.23. The van der Waals surface area contributed by atoms with Gasteiger partial charge in [-0.3, -0.25) is 0 Å². The molecule has 4 rings (SSSR count). The van der Waals surface area contributed by atoms with Crippen molar-refractivity contribution in [3.63, 3.8) is 0 Å². The topological polar surface area (TPSA) is 64.7 Å². The highest BCUT2D eigenvalue weighted by atomic mass is 32.2. The van der Waals surface area contributed by atoms with E-state index in [0.717, 1.165) is 39.8 Å². The minimum Gasteiger partial charge on any atom is -0.415 e. The van der Waals surface area contributed by atoms with Gasteiger partial charge in [0.1, 0.15) is 15.7 Å². The molecular weight excluding hydrogens is 304 g/mol. The van der Waals surface area contributed by atoms with Crippen molar-refractivity contribution >= 4 is 33.3 Å². The predicted molar refractivity (Wildman–Crippen MR) is 82.0 cm³/mol. The van der Waals surface area contributed by atoms with Crippen molar-refractivity contribution in [3.8, 4) is 0 Å². The Morgan fingerprint density at radius 2 is 1.95 bits per heavy atom. The summed E-state index contributed by atoms with van der Waals surface area (Å²) < 4.78 is 5.73. The third-order valence-electron chi connectivity index (χ3n) is 3.64. The Bertz CT molecular complexity index is 835. The second kappa shape index (κ2) is 4.78. The lowest BCUT2D eigenvalue weighted by atomic mass is 10.2. The van der Waals surface area contributed by atoms with E-state index >= 15 is 0 Å². The van der Waals surface area contributed by atoms with Gasteiger partial charge in [-0.25, -0.2) is 9.97 Å². The lowest BCUT2D eigenvalue weighted by Gasteiger charge is -2.01. The van der Waals surface area contributed by atoms with Gasteiger partial charge in [0.25, 0.3) is 5.22 Å². The van der Waals surface area contributed by atoms with E-state index in [1.54, 1.807) is 11.3 Å². The van der Waals surface area contributed by atoms with Crippen LogP contribution in [-0.4, -0.2) is 20.2 Å². The molecular formula is C14H14N4OS2. The fourth-order valence-corrected chi connectivity index (χ4v) is 4.27. The Morgan fingerprint density at radius 1 is 1.14 bits per heavy atom. The smallest absolute Gasteiger partial charge is 0.282 e. The molecule has 0 aromatic carbocycles. The normalized spacial score (nSPS) is 15.0. The molecule has 1 aliphatic rings. The molecule has 0 amide bonds.